The molecule has 0 saturated carbocycles. The highest BCUT2D eigenvalue weighted by Crippen LogP contribution is 2.25. The first-order valence-electron chi connectivity index (χ1n) is 7.80. The smallest absolute Gasteiger partial charge is 0.223 e. The standard InChI is InChI=1S/C17H24N2O/c1-12-8-16(11-18-10-12)19-17(20)15-7-6-13-4-2-3-5-14(13)9-15/h2-5,12,15-16,18H,6-11H2,1H3,(H,19,20). The van der Waals surface area contributed by atoms with Crippen molar-refractivity contribution in [1.82, 2.24) is 10.6 Å². The first-order chi connectivity index (χ1) is 9.72. The highest BCUT2D eigenvalue weighted by atomic mass is 16.1. The monoisotopic (exact) mass is 272 g/mol. The molecule has 20 heavy (non-hydrogen) atoms. The largest absolute Gasteiger partial charge is 0.352 e. The summed E-state index contributed by atoms with van der Waals surface area (Å²) < 4.78 is 0. The molecule has 2 N–H and O–H groups in total. The Morgan fingerprint density at radius 1 is 1.25 bits per heavy atom. The van der Waals surface area contributed by atoms with Gasteiger partial charge in [-0.25, -0.2) is 0 Å². The molecule has 2 aliphatic rings. The van der Waals surface area contributed by atoms with Gasteiger partial charge in [0, 0.05) is 18.5 Å². The fourth-order valence-electron chi connectivity index (χ4n) is 3.51. The number of carbonyl (C=O) groups is 1. The number of fused-ring (bicyclic) bond motifs is 1. The van der Waals surface area contributed by atoms with E-state index in [1.54, 1.807) is 0 Å². The topological polar surface area (TPSA) is 41.1 Å². The van der Waals surface area contributed by atoms with Crippen molar-refractivity contribution in [2.75, 3.05) is 13.1 Å². The zero-order chi connectivity index (χ0) is 13.9. The summed E-state index contributed by atoms with van der Waals surface area (Å²) in [5, 5.41) is 6.64. The van der Waals surface area contributed by atoms with Gasteiger partial charge < -0.3 is 10.6 Å². The maximum absolute atomic E-state index is 12.4. The maximum atomic E-state index is 12.4. The molecule has 1 aromatic carbocycles. The van der Waals surface area contributed by atoms with Gasteiger partial charge in [0.25, 0.3) is 0 Å². The van der Waals surface area contributed by atoms with Gasteiger partial charge in [-0.15, -0.1) is 0 Å². The van der Waals surface area contributed by atoms with Crippen LogP contribution in [-0.4, -0.2) is 25.0 Å². The molecule has 3 nitrogen and oxygen atoms in total. The average Bonchev–Trinajstić information content (AvgIpc) is 2.47. The highest BCUT2D eigenvalue weighted by Gasteiger charge is 2.27. The van der Waals surface area contributed by atoms with Crippen LogP contribution in [0.4, 0.5) is 0 Å². The Kier molecular flexibility index (Phi) is 4.06. The van der Waals surface area contributed by atoms with E-state index < -0.39 is 0 Å². The lowest BCUT2D eigenvalue weighted by Gasteiger charge is -2.31. The Morgan fingerprint density at radius 2 is 2.05 bits per heavy atom. The van der Waals surface area contributed by atoms with Gasteiger partial charge in [-0.2, -0.15) is 0 Å². The quantitative estimate of drug-likeness (QED) is 0.863. The number of amides is 1. The zero-order valence-corrected chi connectivity index (χ0v) is 12.2. The summed E-state index contributed by atoms with van der Waals surface area (Å²) in [6.07, 6.45) is 4.02. The fourth-order valence-corrected chi connectivity index (χ4v) is 3.51. The van der Waals surface area contributed by atoms with E-state index in [4.69, 9.17) is 0 Å². The van der Waals surface area contributed by atoms with Crippen LogP contribution in [0.25, 0.3) is 0 Å². The third kappa shape index (κ3) is 3.04. The van der Waals surface area contributed by atoms with Gasteiger partial charge in [0.1, 0.15) is 0 Å². The van der Waals surface area contributed by atoms with Gasteiger partial charge >= 0.3 is 0 Å². The maximum Gasteiger partial charge on any atom is 0.223 e. The summed E-state index contributed by atoms with van der Waals surface area (Å²) in [4.78, 5) is 12.4. The van der Waals surface area contributed by atoms with E-state index in [1.807, 2.05) is 0 Å². The Labute approximate surface area is 121 Å². The summed E-state index contributed by atoms with van der Waals surface area (Å²) in [5.74, 6) is 1.06. The van der Waals surface area contributed by atoms with Gasteiger partial charge in [0.2, 0.25) is 5.91 Å². The van der Waals surface area contributed by atoms with Gasteiger partial charge in [-0.05, 0) is 49.3 Å². The van der Waals surface area contributed by atoms with Crippen LogP contribution >= 0.6 is 0 Å². The summed E-state index contributed by atoms with van der Waals surface area (Å²) in [7, 11) is 0. The number of nitrogens with one attached hydrogen (secondary N) is 2. The molecule has 1 aliphatic heterocycles. The summed E-state index contributed by atoms with van der Waals surface area (Å²) in [5.41, 5.74) is 2.78. The Hall–Kier alpha value is -1.35. The minimum atomic E-state index is 0.155. The molecule has 3 atom stereocenters. The summed E-state index contributed by atoms with van der Waals surface area (Å²) in [6, 6.07) is 8.83. The SMILES string of the molecule is CC1CNCC(NC(=O)C2CCc3ccccc3C2)C1. The zero-order valence-electron chi connectivity index (χ0n) is 12.2. The molecule has 108 valence electrons. The van der Waals surface area contributed by atoms with E-state index in [0.717, 1.165) is 38.8 Å². The van der Waals surface area contributed by atoms with Gasteiger partial charge in [-0.1, -0.05) is 31.2 Å². The number of aryl methyl sites for hydroxylation is 1. The Balaban J connectivity index is 1.59. The molecule has 1 aliphatic carbocycles. The second kappa shape index (κ2) is 5.96. The van der Waals surface area contributed by atoms with Crippen molar-refractivity contribution >= 4 is 5.91 Å². The van der Waals surface area contributed by atoms with Crippen molar-refractivity contribution < 1.29 is 4.79 Å². The highest BCUT2D eigenvalue weighted by molar-refractivity contribution is 5.79. The van der Waals surface area contributed by atoms with Crippen LogP contribution in [0.15, 0.2) is 24.3 Å². The van der Waals surface area contributed by atoms with E-state index in [1.165, 1.54) is 11.1 Å². The first kappa shape index (κ1) is 13.6. The molecule has 0 radical (unpaired) electrons. The number of benzene rings is 1. The van der Waals surface area contributed by atoms with Crippen LogP contribution in [-0.2, 0) is 17.6 Å². The number of piperidine rings is 1. The van der Waals surface area contributed by atoms with Crippen LogP contribution in [0.2, 0.25) is 0 Å². The summed E-state index contributed by atoms with van der Waals surface area (Å²) >= 11 is 0. The van der Waals surface area contributed by atoms with E-state index in [0.29, 0.717) is 12.0 Å². The molecule has 1 saturated heterocycles. The lowest BCUT2D eigenvalue weighted by atomic mass is 9.83. The molecule has 3 unspecified atom stereocenters. The molecule has 1 aromatic rings. The molecule has 3 heteroatoms. The second-order valence-electron chi connectivity index (χ2n) is 6.41. The predicted molar refractivity (Wildman–Crippen MR) is 80.5 cm³/mol. The van der Waals surface area contributed by atoms with Crippen molar-refractivity contribution in [1.29, 1.82) is 0 Å². The van der Waals surface area contributed by atoms with E-state index in [-0.39, 0.29) is 11.8 Å². The summed E-state index contributed by atoms with van der Waals surface area (Å²) in [6.45, 7) is 4.23. The lowest BCUT2D eigenvalue weighted by Crippen LogP contribution is -2.50. The van der Waals surface area contributed by atoms with Gasteiger partial charge in [-0.3, -0.25) is 4.79 Å². The van der Waals surface area contributed by atoms with Crippen LogP contribution in [0.3, 0.4) is 0 Å². The van der Waals surface area contributed by atoms with Crippen LogP contribution in [0.1, 0.15) is 30.9 Å². The van der Waals surface area contributed by atoms with Crippen LogP contribution < -0.4 is 10.6 Å². The molecule has 1 heterocycles. The number of carbonyl (C=O) groups excluding carboxylic acids is 1. The molecule has 0 bridgehead atoms. The van der Waals surface area contributed by atoms with E-state index >= 15 is 0 Å². The molecule has 0 spiro atoms. The Morgan fingerprint density at radius 3 is 2.85 bits per heavy atom. The van der Waals surface area contributed by atoms with Crippen molar-refractivity contribution in [2.24, 2.45) is 11.8 Å². The Bertz CT molecular complexity index is 486. The molecule has 3 rings (SSSR count). The van der Waals surface area contributed by atoms with Gasteiger partial charge in [0.05, 0.1) is 0 Å². The van der Waals surface area contributed by atoms with Crippen molar-refractivity contribution in [3.63, 3.8) is 0 Å². The number of rotatable bonds is 2. The van der Waals surface area contributed by atoms with Crippen molar-refractivity contribution in [3.05, 3.63) is 35.4 Å². The molecular weight excluding hydrogens is 248 g/mol. The minimum absolute atomic E-state index is 0.155. The lowest BCUT2D eigenvalue weighted by molar-refractivity contribution is -0.126. The van der Waals surface area contributed by atoms with Crippen LogP contribution in [0.5, 0.6) is 0 Å². The normalized spacial score (nSPS) is 29.6. The van der Waals surface area contributed by atoms with Crippen molar-refractivity contribution in [3.8, 4) is 0 Å². The molecular formula is C17H24N2O. The van der Waals surface area contributed by atoms with E-state index in [9.17, 15) is 4.79 Å². The molecule has 1 fully saturated rings. The molecule has 1 amide bonds. The predicted octanol–water partition coefficient (Wildman–Crippen LogP) is 1.91. The van der Waals surface area contributed by atoms with E-state index in [2.05, 4.69) is 41.8 Å². The molecule has 0 aromatic heterocycles. The fraction of sp³-hybridized carbons (Fsp3) is 0.588. The first-order valence-corrected chi connectivity index (χ1v) is 7.80. The third-order valence-electron chi connectivity index (χ3n) is 4.63. The minimum Gasteiger partial charge on any atom is -0.352 e. The third-order valence-corrected chi connectivity index (χ3v) is 4.63. The second-order valence-corrected chi connectivity index (χ2v) is 6.41. The van der Waals surface area contributed by atoms with Crippen LogP contribution in [0, 0.1) is 11.8 Å². The number of hydrogen-bond acceptors (Lipinski definition) is 2. The average molecular weight is 272 g/mol. The number of hydrogen-bond donors (Lipinski definition) is 2. The van der Waals surface area contributed by atoms with Gasteiger partial charge in [0.15, 0.2) is 0 Å². The van der Waals surface area contributed by atoms with Crippen molar-refractivity contribution in [2.45, 2.75) is 38.6 Å².